The molecule has 1 aromatic carbocycles. The number of hydrogen-bond donors (Lipinski definition) is 2. The second-order valence-corrected chi connectivity index (χ2v) is 5.99. The molecule has 1 aliphatic rings. The molecule has 120 valence electrons. The lowest BCUT2D eigenvalue weighted by Gasteiger charge is -2.30. The first-order valence-corrected chi connectivity index (χ1v) is 7.70. The Hall–Kier alpha value is -1.88. The van der Waals surface area contributed by atoms with E-state index in [0.29, 0.717) is 6.61 Å². The Labute approximate surface area is 130 Å². The van der Waals surface area contributed by atoms with Crippen LogP contribution in [0.25, 0.3) is 0 Å². The number of benzene rings is 1. The predicted molar refractivity (Wildman–Crippen MR) is 82.3 cm³/mol. The lowest BCUT2D eigenvalue weighted by molar-refractivity contribution is -0.140. The maximum Gasteiger partial charge on any atom is 0.305 e. The number of rotatable bonds is 7. The molecule has 0 aliphatic heterocycles. The van der Waals surface area contributed by atoms with Gasteiger partial charge in [0.1, 0.15) is 6.10 Å². The first kappa shape index (κ1) is 16.5. The maximum absolute atomic E-state index is 12.3. The van der Waals surface area contributed by atoms with E-state index in [4.69, 9.17) is 9.84 Å². The van der Waals surface area contributed by atoms with Crippen molar-refractivity contribution in [2.45, 2.75) is 57.3 Å². The topological polar surface area (TPSA) is 75.6 Å². The molecule has 0 heterocycles. The van der Waals surface area contributed by atoms with Crippen LogP contribution in [0.2, 0.25) is 0 Å². The molecule has 0 bridgehead atoms. The summed E-state index contributed by atoms with van der Waals surface area (Å²) in [4.78, 5) is 23.3. The Kier molecular flexibility index (Phi) is 5.55. The summed E-state index contributed by atoms with van der Waals surface area (Å²) < 4.78 is 5.59. The van der Waals surface area contributed by atoms with E-state index in [-0.39, 0.29) is 12.3 Å². The molecule has 1 saturated carbocycles. The third kappa shape index (κ3) is 4.56. The van der Waals surface area contributed by atoms with Gasteiger partial charge in [0.2, 0.25) is 5.91 Å². The summed E-state index contributed by atoms with van der Waals surface area (Å²) in [5.74, 6) is -1.11. The molecule has 5 heteroatoms. The number of nitrogens with one attached hydrogen (secondary N) is 1. The van der Waals surface area contributed by atoms with Crippen molar-refractivity contribution < 1.29 is 19.4 Å². The fourth-order valence-electron chi connectivity index (χ4n) is 2.92. The molecule has 2 N–H and O–H groups in total. The van der Waals surface area contributed by atoms with E-state index in [1.807, 2.05) is 30.3 Å². The van der Waals surface area contributed by atoms with Crippen LogP contribution in [0, 0.1) is 0 Å². The molecular formula is C17H23NO4. The summed E-state index contributed by atoms with van der Waals surface area (Å²) in [5, 5.41) is 12.0. The molecular weight excluding hydrogens is 282 g/mol. The van der Waals surface area contributed by atoms with Crippen molar-refractivity contribution in [2.75, 3.05) is 0 Å². The molecule has 0 aromatic heterocycles. The molecule has 1 amide bonds. The number of carboxylic acid groups (broad SMARTS) is 1. The quantitative estimate of drug-likeness (QED) is 0.811. The van der Waals surface area contributed by atoms with Crippen LogP contribution in [0.15, 0.2) is 30.3 Å². The third-order valence-electron chi connectivity index (χ3n) is 4.15. The van der Waals surface area contributed by atoms with Crippen LogP contribution in [-0.2, 0) is 20.9 Å². The highest BCUT2D eigenvalue weighted by molar-refractivity contribution is 5.82. The average molecular weight is 305 g/mol. The molecule has 1 atom stereocenters. The normalized spacial score (nSPS) is 17.9. The third-order valence-corrected chi connectivity index (χ3v) is 4.15. The zero-order valence-corrected chi connectivity index (χ0v) is 12.9. The SMILES string of the molecule is CC(OCc1ccccc1)C(=O)NC1(CC(=O)O)CCCC1. The molecule has 1 unspecified atom stereocenters. The zero-order valence-electron chi connectivity index (χ0n) is 12.9. The first-order valence-electron chi connectivity index (χ1n) is 7.70. The van der Waals surface area contributed by atoms with Gasteiger partial charge in [-0.3, -0.25) is 9.59 Å². The molecule has 0 saturated heterocycles. The molecule has 2 rings (SSSR count). The highest BCUT2D eigenvalue weighted by atomic mass is 16.5. The largest absolute Gasteiger partial charge is 0.481 e. The van der Waals surface area contributed by atoms with E-state index >= 15 is 0 Å². The van der Waals surface area contributed by atoms with Crippen molar-refractivity contribution in [1.82, 2.24) is 5.32 Å². The van der Waals surface area contributed by atoms with Gasteiger partial charge in [-0.2, -0.15) is 0 Å². The molecule has 0 spiro atoms. The molecule has 1 aromatic rings. The van der Waals surface area contributed by atoms with Crippen LogP contribution in [0.1, 0.15) is 44.6 Å². The Morgan fingerprint density at radius 3 is 2.50 bits per heavy atom. The number of carbonyl (C=O) groups is 2. The fraction of sp³-hybridized carbons (Fsp3) is 0.529. The lowest BCUT2D eigenvalue weighted by Crippen LogP contribution is -2.51. The van der Waals surface area contributed by atoms with Gasteiger partial charge in [-0.15, -0.1) is 0 Å². The van der Waals surface area contributed by atoms with Gasteiger partial charge in [-0.1, -0.05) is 43.2 Å². The van der Waals surface area contributed by atoms with Crippen molar-refractivity contribution >= 4 is 11.9 Å². The summed E-state index contributed by atoms with van der Waals surface area (Å²) >= 11 is 0. The highest BCUT2D eigenvalue weighted by Gasteiger charge is 2.38. The Morgan fingerprint density at radius 1 is 1.27 bits per heavy atom. The smallest absolute Gasteiger partial charge is 0.305 e. The monoisotopic (exact) mass is 305 g/mol. The Bertz CT molecular complexity index is 509. The van der Waals surface area contributed by atoms with Crippen molar-refractivity contribution in [1.29, 1.82) is 0 Å². The fourth-order valence-corrected chi connectivity index (χ4v) is 2.92. The van der Waals surface area contributed by atoms with E-state index in [9.17, 15) is 9.59 Å². The second-order valence-electron chi connectivity index (χ2n) is 5.99. The summed E-state index contributed by atoms with van der Waals surface area (Å²) in [6.07, 6.45) is 2.71. The van der Waals surface area contributed by atoms with Gasteiger partial charge in [-0.25, -0.2) is 0 Å². The minimum atomic E-state index is -0.875. The van der Waals surface area contributed by atoms with E-state index in [0.717, 1.165) is 31.2 Å². The van der Waals surface area contributed by atoms with Gasteiger partial charge in [0.05, 0.1) is 18.6 Å². The first-order chi connectivity index (χ1) is 10.5. The van der Waals surface area contributed by atoms with E-state index in [2.05, 4.69) is 5.32 Å². The number of carboxylic acids is 1. The minimum absolute atomic E-state index is 0.0237. The van der Waals surface area contributed by atoms with E-state index < -0.39 is 17.6 Å². The van der Waals surface area contributed by atoms with Gasteiger partial charge in [0.25, 0.3) is 0 Å². The standard InChI is InChI=1S/C17H23NO4/c1-13(22-12-14-7-3-2-4-8-14)16(21)18-17(11-15(19)20)9-5-6-10-17/h2-4,7-8,13H,5-6,9-12H2,1H3,(H,18,21)(H,19,20). The van der Waals surface area contributed by atoms with Gasteiger partial charge < -0.3 is 15.2 Å². The van der Waals surface area contributed by atoms with Crippen LogP contribution in [0.5, 0.6) is 0 Å². The number of ether oxygens (including phenoxy) is 1. The summed E-state index contributed by atoms with van der Waals surface area (Å²) in [5.41, 5.74) is 0.399. The Balaban J connectivity index is 1.88. The summed E-state index contributed by atoms with van der Waals surface area (Å²) in [6.45, 7) is 2.06. The van der Waals surface area contributed by atoms with Crippen molar-refractivity contribution in [3.05, 3.63) is 35.9 Å². The van der Waals surface area contributed by atoms with Crippen molar-refractivity contribution in [2.24, 2.45) is 0 Å². The van der Waals surface area contributed by atoms with Gasteiger partial charge in [0, 0.05) is 0 Å². The predicted octanol–water partition coefficient (Wildman–Crippen LogP) is 2.50. The maximum atomic E-state index is 12.3. The van der Waals surface area contributed by atoms with E-state index in [1.54, 1.807) is 6.92 Å². The summed E-state index contributed by atoms with van der Waals surface area (Å²) in [7, 11) is 0. The molecule has 0 radical (unpaired) electrons. The second kappa shape index (κ2) is 7.40. The molecule has 1 aliphatic carbocycles. The highest BCUT2D eigenvalue weighted by Crippen LogP contribution is 2.32. The van der Waals surface area contributed by atoms with Crippen LogP contribution >= 0.6 is 0 Å². The van der Waals surface area contributed by atoms with Gasteiger partial charge in [-0.05, 0) is 25.3 Å². The average Bonchev–Trinajstić information content (AvgIpc) is 2.93. The van der Waals surface area contributed by atoms with Crippen LogP contribution in [0.3, 0.4) is 0 Å². The van der Waals surface area contributed by atoms with E-state index in [1.165, 1.54) is 0 Å². The number of amides is 1. The number of hydrogen-bond acceptors (Lipinski definition) is 3. The molecule has 22 heavy (non-hydrogen) atoms. The van der Waals surface area contributed by atoms with Crippen LogP contribution < -0.4 is 5.32 Å². The summed E-state index contributed by atoms with van der Waals surface area (Å²) in [6, 6.07) is 9.64. The Morgan fingerprint density at radius 2 is 1.91 bits per heavy atom. The van der Waals surface area contributed by atoms with Crippen molar-refractivity contribution in [3.63, 3.8) is 0 Å². The molecule has 5 nitrogen and oxygen atoms in total. The molecule has 1 fully saturated rings. The van der Waals surface area contributed by atoms with Crippen LogP contribution in [0.4, 0.5) is 0 Å². The van der Waals surface area contributed by atoms with Crippen molar-refractivity contribution in [3.8, 4) is 0 Å². The lowest BCUT2D eigenvalue weighted by atomic mass is 9.93. The number of carbonyl (C=O) groups excluding carboxylic acids is 1. The van der Waals surface area contributed by atoms with Gasteiger partial charge >= 0.3 is 5.97 Å². The van der Waals surface area contributed by atoms with Gasteiger partial charge in [0.15, 0.2) is 0 Å². The minimum Gasteiger partial charge on any atom is -0.481 e. The number of aliphatic carboxylic acids is 1. The van der Waals surface area contributed by atoms with Crippen LogP contribution in [-0.4, -0.2) is 28.6 Å². The zero-order chi connectivity index (χ0) is 16.0.